The molecule has 1 aromatic carbocycles. The number of hydrogen-bond acceptors (Lipinski definition) is 2. The standard InChI is InChI=1S/C16H21NO2/c18-10-15(6-11-4-2-1-3-5-11)17-16(19)14-8-12-7-13(12)9-14/h1-5,12-15,18H,6-10H2,(H,17,19). The van der Waals surface area contributed by atoms with Crippen molar-refractivity contribution in [2.24, 2.45) is 17.8 Å². The van der Waals surface area contributed by atoms with Crippen LogP contribution in [0.4, 0.5) is 0 Å². The number of nitrogens with one attached hydrogen (secondary N) is 1. The van der Waals surface area contributed by atoms with Crippen molar-refractivity contribution < 1.29 is 9.90 Å². The van der Waals surface area contributed by atoms with Crippen molar-refractivity contribution in [2.45, 2.75) is 31.7 Å². The second-order valence-corrected chi connectivity index (χ2v) is 6.00. The van der Waals surface area contributed by atoms with E-state index in [1.165, 1.54) is 6.42 Å². The Hall–Kier alpha value is -1.35. The molecule has 0 spiro atoms. The quantitative estimate of drug-likeness (QED) is 0.846. The first kappa shape index (κ1) is 12.7. The Kier molecular flexibility index (Phi) is 3.56. The van der Waals surface area contributed by atoms with Gasteiger partial charge >= 0.3 is 0 Å². The minimum Gasteiger partial charge on any atom is -0.394 e. The van der Waals surface area contributed by atoms with Gasteiger partial charge in [-0.05, 0) is 43.1 Å². The molecular formula is C16H21NO2. The molecule has 1 amide bonds. The van der Waals surface area contributed by atoms with E-state index in [4.69, 9.17) is 0 Å². The van der Waals surface area contributed by atoms with Crippen LogP contribution in [-0.2, 0) is 11.2 Å². The normalized spacial score (nSPS) is 29.6. The van der Waals surface area contributed by atoms with Gasteiger partial charge in [0.25, 0.3) is 0 Å². The van der Waals surface area contributed by atoms with Crippen molar-refractivity contribution in [3.05, 3.63) is 35.9 Å². The van der Waals surface area contributed by atoms with E-state index in [1.807, 2.05) is 30.3 Å². The van der Waals surface area contributed by atoms with Crippen molar-refractivity contribution in [1.29, 1.82) is 0 Å². The van der Waals surface area contributed by atoms with Crippen molar-refractivity contribution in [2.75, 3.05) is 6.61 Å². The molecule has 0 radical (unpaired) electrons. The summed E-state index contributed by atoms with van der Waals surface area (Å²) in [5.74, 6) is 1.96. The Morgan fingerprint density at radius 2 is 1.89 bits per heavy atom. The van der Waals surface area contributed by atoms with E-state index in [9.17, 15) is 9.90 Å². The van der Waals surface area contributed by atoms with Crippen molar-refractivity contribution in [1.82, 2.24) is 5.32 Å². The summed E-state index contributed by atoms with van der Waals surface area (Å²) in [4.78, 5) is 12.1. The van der Waals surface area contributed by atoms with Crippen LogP contribution in [0.3, 0.4) is 0 Å². The first-order chi connectivity index (χ1) is 9.26. The average molecular weight is 259 g/mol. The Morgan fingerprint density at radius 3 is 2.53 bits per heavy atom. The number of carbonyl (C=O) groups is 1. The second-order valence-electron chi connectivity index (χ2n) is 6.00. The van der Waals surface area contributed by atoms with Crippen LogP contribution >= 0.6 is 0 Å². The predicted molar refractivity (Wildman–Crippen MR) is 73.5 cm³/mol. The molecule has 0 aromatic heterocycles. The molecule has 0 aliphatic heterocycles. The van der Waals surface area contributed by atoms with Crippen LogP contribution in [-0.4, -0.2) is 23.7 Å². The summed E-state index contributed by atoms with van der Waals surface area (Å²) in [6.07, 6.45) is 4.14. The van der Waals surface area contributed by atoms with Crippen LogP contribution in [0.2, 0.25) is 0 Å². The first-order valence-corrected chi connectivity index (χ1v) is 7.21. The van der Waals surface area contributed by atoms with Gasteiger partial charge in [-0.25, -0.2) is 0 Å². The number of aliphatic hydroxyl groups excluding tert-OH is 1. The highest BCUT2D eigenvalue weighted by molar-refractivity contribution is 5.79. The predicted octanol–water partition coefficient (Wildman–Crippen LogP) is 1.75. The SMILES string of the molecule is O=C(NC(CO)Cc1ccccc1)C1CC2CC2C1. The van der Waals surface area contributed by atoms with Gasteiger partial charge < -0.3 is 10.4 Å². The van der Waals surface area contributed by atoms with Crippen molar-refractivity contribution in [3.8, 4) is 0 Å². The Balaban J connectivity index is 1.53. The highest BCUT2D eigenvalue weighted by atomic mass is 16.3. The molecule has 3 rings (SSSR count). The zero-order valence-corrected chi connectivity index (χ0v) is 11.1. The molecule has 2 N–H and O–H groups in total. The summed E-state index contributed by atoms with van der Waals surface area (Å²) < 4.78 is 0. The van der Waals surface area contributed by atoms with Crippen LogP contribution in [0.5, 0.6) is 0 Å². The summed E-state index contributed by atoms with van der Waals surface area (Å²) in [7, 11) is 0. The number of aliphatic hydroxyl groups is 1. The molecule has 2 aliphatic rings. The maximum atomic E-state index is 12.1. The van der Waals surface area contributed by atoms with Gasteiger partial charge in [0.15, 0.2) is 0 Å². The fraction of sp³-hybridized carbons (Fsp3) is 0.562. The molecule has 0 saturated heterocycles. The van der Waals surface area contributed by atoms with Gasteiger partial charge in [-0.3, -0.25) is 4.79 Å². The van der Waals surface area contributed by atoms with E-state index < -0.39 is 0 Å². The molecule has 0 bridgehead atoms. The smallest absolute Gasteiger partial charge is 0.223 e. The second kappa shape index (κ2) is 5.33. The number of carbonyl (C=O) groups excluding carboxylic acids is 1. The summed E-state index contributed by atoms with van der Waals surface area (Å²) in [6.45, 7) is 0.000210. The molecule has 19 heavy (non-hydrogen) atoms. The van der Waals surface area contributed by atoms with E-state index in [0.29, 0.717) is 6.42 Å². The van der Waals surface area contributed by atoms with Crippen LogP contribution in [0.25, 0.3) is 0 Å². The fourth-order valence-corrected chi connectivity index (χ4v) is 3.31. The molecule has 3 unspecified atom stereocenters. The number of rotatable bonds is 5. The van der Waals surface area contributed by atoms with E-state index in [2.05, 4.69) is 5.32 Å². The summed E-state index contributed by atoms with van der Waals surface area (Å²) in [5.41, 5.74) is 1.15. The monoisotopic (exact) mass is 259 g/mol. The maximum Gasteiger partial charge on any atom is 0.223 e. The molecule has 2 aliphatic carbocycles. The minimum absolute atomic E-state index is 0.000210. The average Bonchev–Trinajstić information content (AvgIpc) is 3.05. The highest BCUT2D eigenvalue weighted by Gasteiger charge is 2.48. The lowest BCUT2D eigenvalue weighted by Crippen LogP contribution is -2.42. The lowest BCUT2D eigenvalue weighted by atomic mass is 10.0. The Labute approximate surface area is 114 Å². The third-order valence-electron chi connectivity index (χ3n) is 4.51. The molecule has 3 atom stereocenters. The Morgan fingerprint density at radius 1 is 1.21 bits per heavy atom. The van der Waals surface area contributed by atoms with E-state index >= 15 is 0 Å². The molecule has 2 saturated carbocycles. The third-order valence-corrected chi connectivity index (χ3v) is 4.51. The largest absolute Gasteiger partial charge is 0.394 e. The van der Waals surface area contributed by atoms with Gasteiger partial charge in [-0.1, -0.05) is 30.3 Å². The van der Waals surface area contributed by atoms with Crippen molar-refractivity contribution >= 4 is 5.91 Å². The Bertz CT molecular complexity index is 435. The van der Waals surface area contributed by atoms with Gasteiger partial charge in [0, 0.05) is 5.92 Å². The van der Waals surface area contributed by atoms with Gasteiger partial charge in [-0.2, -0.15) is 0 Å². The van der Waals surface area contributed by atoms with Crippen LogP contribution in [0.1, 0.15) is 24.8 Å². The van der Waals surface area contributed by atoms with Crippen LogP contribution < -0.4 is 5.32 Å². The van der Waals surface area contributed by atoms with Crippen LogP contribution in [0.15, 0.2) is 30.3 Å². The summed E-state index contributed by atoms with van der Waals surface area (Å²) in [5, 5.41) is 12.4. The van der Waals surface area contributed by atoms with Crippen LogP contribution in [0, 0.1) is 17.8 Å². The number of benzene rings is 1. The van der Waals surface area contributed by atoms with Gasteiger partial charge in [0.05, 0.1) is 12.6 Å². The first-order valence-electron chi connectivity index (χ1n) is 7.21. The summed E-state index contributed by atoms with van der Waals surface area (Å²) >= 11 is 0. The van der Waals surface area contributed by atoms with Gasteiger partial charge in [-0.15, -0.1) is 0 Å². The number of hydrogen-bond donors (Lipinski definition) is 2. The molecule has 3 heteroatoms. The van der Waals surface area contributed by atoms with E-state index in [1.54, 1.807) is 0 Å². The lowest BCUT2D eigenvalue weighted by molar-refractivity contribution is -0.126. The number of amides is 1. The fourth-order valence-electron chi connectivity index (χ4n) is 3.31. The zero-order valence-electron chi connectivity index (χ0n) is 11.1. The summed E-state index contributed by atoms with van der Waals surface area (Å²) in [6, 6.07) is 9.83. The van der Waals surface area contributed by atoms with E-state index in [0.717, 1.165) is 30.2 Å². The molecule has 2 fully saturated rings. The van der Waals surface area contributed by atoms with Gasteiger partial charge in [0.1, 0.15) is 0 Å². The lowest BCUT2D eigenvalue weighted by Gasteiger charge is -2.19. The molecule has 0 heterocycles. The molecule has 102 valence electrons. The molecular weight excluding hydrogens is 238 g/mol. The molecule has 1 aromatic rings. The maximum absolute atomic E-state index is 12.1. The van der Waals surface area contributed by atoms with Gasteiger partial charge in [0.2, 0.25) is 5.91 Å². The van der Waals surface area contributed by atoms with E-state index in [-0.39, 0.29) is 24.5 Å². The minimum atomic E-state index is -0.160. The highest BCUT2D eigenvalue weighted by Crippen LogP contribution is 2.54. The third kappa shape index (κ3) is 2.98. The number of fused-ring (bicyclic) bond motifs is 1. The topological polar surface area (TPSA) is 49.3 Å². The zero-order chi connectivity index (χ0) is 13.2. The molecule has 3 nitrogen and oxygen atoms in total. The van der Waals surface area contributed by atoms with Crippen molar-refractivity contribution in [3.63, 3.8) is 0 Å².